The van der Waals surface area contributed by atoms with Gasteiger partial charge in [-0.05, 0) is 23.6 Å². The third kappa shape index (κ3) is 4.60. The molecular weight excluding hydrogens is 334 g/mol. The van der Waals surface area contributed by atoms with Crippen molar-refractivity contribution in [2.75, 3.05) is 51.8 Å². The molecule has 1 amide bonds. The van der Waals surface area contributed by atoms with E-state index in [4.69, 9.17) is 4.74 Å². The predicted molar refractivity (Wildman–Crippen MR) is 102 cm³/mol. The van der Waals surface area contributed by atoms with E-state index in [2.05, 4.69) is 34.5 Å². The Hall–Kier alpha value is -1.89. The molecule has 2 N–H and O–H groups in total. The highest BCUT2D eigenvalue weighted by Crippen LogP contribution is 2.17. The maximum atomic E-state index is 12.3. The SMILES string of the molecule is CN(C)c1ccc([C@@H](CNC(=O)c2cccs2)[NH+]2CCOCC2)cc1. The number of benzene rings is 1. The van der Waals surface area contributed by atoms with Crippen molar-refractivity contribution < 1.29 is 14.4 Å². The molecule has 0 aliphatic carbocycles. The minimum Gasteiger partial charge on any atom is -0.378 e. The van der Waals surface area contributed by atoms with Gasteiger partial charge in [-0.2, -0.15) is 0 Å². The molecule has 0 saturated carbocycles. The van der Waals surface area contributed by atoms with E-state index in [1.807, 2.05) is 31.6 Å². The molecule has 0 spiro atoms. The van der Waals surface area contributed by atoms with Crippen LogP contribution in [0.1, 0.15) is 21.3 Å². The van der Waals surface area contributed by atoms with Crippen LogP contribution in [0.25, 0.3) is 0 Å². The maximum Gasteiger partial charge on any atom is 0.261 e. The Balaban J connectivity index is 1.73. The van der Waals surface area contributed by atoms with Gasteiger partial charge in [0.25, 0.3) is 5.91 Å². The zero-order valence-corrected chi connectivity index (χ0v) is 15.6. The van der Waals surface area contributed by atoms with Crippen molar-refractivity contribution in [1.82, 2.24) is 5.32 Å². The molecule has 134 valence electrons. The fourth-order valence-electron chi connectivity index (χ4n) is 3.17. The van der Waals surface area contributed by atoms with Gasteiger partial charge >= 0.3 is 0 Å². The Morgan fingerprint density at radius 1 is 1.24 bits per heavy atom. The van der Waals surface area contributed by atoms with Crippen LogP contribution >= 0.6 is 11.3 Å². The van der Waals surface area contributed by atoms with Gasteiger partial charge in [0.1, 0.15) is 19.1 Å². The summed E-state index contributed by atoms with van der Waals surface area (Å²) in [6.45, 7) is 4.12. The Kier molecular flexibility index (Phi) is 6.07. The van der Waals surface area contributed by atoms with Crippen molar-refractivity contribution in [2.45, 2.75) is 6.04 Å². The third-order valence-corrected chi connectivity index (χ3v) is 5.52. The molecule has 0 radical (unpaired) electrons. The fourth-order valence-corrected chi connectivity index (χ4v) is 3.81. The fraction of sp³-hybridized carbons (Fsp3) is 0.421. The smallest absolute Gasteiger partial charge is 0.261 e. The number of carbonyl (C=O) groups is 1. The quantitative estimate of drug-likeness (QED) is 0.814. The summed E-state index contributed by atoms with van der Waals surface area (Å²) >= 11 is 1.47. The van der Waals surface area contributed by atoms with Gasteiger partial charge in [0.05, 0.1) is 24.6 Å². The molecule has 1 fully saturated rings. The largest absolute Gasteiger partial charge is 0.378 e. The number of anilines is 1. The molecule has 0 bridgehead atoms. The van der Waals surface area contributed by atoms with Crippen LogP contribution in [0.3, 0.4) is 0 Å². The normalized spacial score (nSPS) is 16.4. The van der Waals surface area contributed by atoms with Crippen molar-refractivity contribution >= 4 is 22.9 Å². The van der Waals surface area contributed by atoms with Crippen LogP contribution in [0, 0.1) is 0 Å². The Bertz CT molecular complexity index is 664. The standard InChI is InChI=1S/C19H25N3O2S/c1-21(2)16-7-5-15(6-8-16)17(22-9-11-24-12-10-22)14-20-19(23)18-4-3-13-25-18/h3-8,13,17H,9-12,14H2,1-2H3,(H,20,23)/p+1/t17-/m1/s1. The summed E-state index contributed by atoms with van der Waals surface area (Å²) in [5.41, 5.74) is 2.44. The van der Waals surface area contributed by atoms with E-state index in [9.17, 15) is 4.79 Å². The highest BCUT2D eigenvalue weighted by atomic mass is 32.1. The molecule has 0 unspecified atom stereocenters. The van der Waals surface area contributed by atoms with Crippen LogP contribution in [-0.2, 0) is 4.74 Å². The maximum absolute atomic E-state index is 12.3. The summed E-state index contributed by atoms with van der Waals surface area (Å²) in [6.07, 6.45) is 0. The average Bonchev–Trinajstić information content (AvgIpc) is 3.18. The van der Waals surface area contributed by atoms with E-state index in [1.54, 1.807) is 0 Å². The first-order chi connectivity index (χ1) is 12.1. The highest BCUT2D eigenvalue weighted by molar-refractivity contribution is 7.12. The Labute approximate surface area is 153 Å². The molecule has 1 saturated heterocycles. The van der Waals surface area contributed by atoms with Crippen LogP contribution in [0.2, 0.25) is 0 Å². The Morgan fingerprint density at radius 3 is 2.56 bits per heavy atom. The molecule has 5 nitrogen and oxygen atoms in total. The molecule has 2 aromatic rings. The second-order valence-electron chi connectivity index (χ2n) is 6.50. The molecule has 2 heterocycles. The lowest BCUT2D eigenvalue weighted by atomic mass is 10.0. The minimum absolute atomic E-state index is 0.0116. The van der Waals surface area contributed by atoms with Crippen LogP contribution in [-0.4, -0.2) is 52.9 Å². The third-order valence-electron chi connectivity index (χ3n) is 4.65. The lowest BCUT2D eigenvalue weighted by Gasteiger charge is -2.32. The highest BCUT2D eigenvalue weighted by Gasteiger charge is 2.27. The van der Waals surface area contributed by atoms with Gasteiger partial charge < -0.3 is 19.9 Å². The monoisotopic (exact) mass is 360 g/mol. The summed E-state index contributed by atoms with van der Waals surface area (Å²) in [7, 11) is 4.09. The molecule has 1 aliphatic heterocycles. The number of hydrogen-bond acceptors (Lipinski definition) is 4. The number of quaternary nitrogens is 1. The van der Waals surface area contributed by atoms with Crippen molar-refractivity contribution in [3.8, 4) is 0 Å². The zero-order valence-electron chi connectivity index (χ0n) is 14.8. The van der Waals surface area contributed by atoms with Crippen LogP contribution in [0.15, 0.2) is 41.8 Å². The molecule has 1 aromatic carbocycles. The summed E-state index contributed by atoms with van der Waals surface area (Å²) in [4.78, 5) is 16.7. The van der Waals surface area contributed by atoms with Crippen LogP contribution < -0.4 is 15.1 Å². The first kappa shape index (κ1) is 17.9. The predicted octanol–water partition coefficient (Wildman–Crippen LogP) is 1.20. The van der Waals surface area contributed by atoms with Crippen molar-refractivity contribution in [1.29, 1.82) is 0 Å². The number of ether oxygens (including phenoxy) is 1. The van der Waals surface area contributed by atoms with Crippen LogP contribution in [0.5, 0.6) is 0 Å². The number of amides is 1. The summed E-state index contributed by atoms with van der Waals surface area (Å²) in [6, 6.07) is 12.7. The van der Waals surface area contributed by atoms with E-state index in [0.717, 1.165) is 31.2 Å². The number of thiophene rings is 1. The van der Waals surface area contributed by atoms with Crippen molar-refractivity contribution in [2.24, 2.45) is 0 Å². The molecule has 6 heteroatoms. The Morgan fingerprint density at radius 2 is 1.96 bits per heavy atom. The van der Waals surface area contributed by atoms with Crippen molar-refractivity contribution in [3.63, 3.8) is 0 Å². The average molecular weight is 361 g/mol. The second-order valence-corrected chi connectivity index (χ2v) is 7.44. The number of rotatable bonds is 6. The van der Waals surface area contributed by atoms with Gasteiger partial charge in [-0.15, -0.1) is 11.3 Å². The van der Waals surface area contributed by atoms with E-state index < -0.39 is 0 Å². The van der Waals surface area contributed by atoms with Crippen molar-refractivity contribution in [3.05, 3.63) is 52.2 Å². The lowest BCUT2D eigenvalue weighted by Crippen LogP contribution is -3.15. The summed E-state index contributed by atoms with van der Waals surface area (Å²) < 4.78 is 5.51. The van der Waals surface area contributed by atoms with E-state index in [1.165, 1.54) is 27.5 Å². The lowest BCUT2D eigenvalue weighted by molar-refractivity contribution is -0.937. The molecule has 1 aromatic heterocycles. The van der Waals surface area contributed by atoms with E-state index in [0.29, 0.717) is 6.54 Å². The van der Waals surface area contributed by atoms with Gasteiger partial charge in [-0.25, -0.2) is 0 Å². The molecule has 3 rings (SSSR count). The first-order valence-corrected chi connectivity index (χ1v) is 9.54. The zero-order chi connectivity index (χ0) is 17.6. The summed E-state index contributed by atoms with van der Waals surface area (Å²) in [5, 5.41) is 5.05. The van der Waals surface area contributed by atoms with Gasteiger partial charge in [0.2, 0.25) is 0 Å². The number of nitrogens with zero attached hydrogens (tertiary/aromatic N) is 1. The number of carbonyl (C=O) groups excluding carboxylic acids is 1. The van der Waals surface area contributed by atoms with Gasteiger partial charge in [-0.3, -0.25) is 4.79 Å². The molecule has 1 aliphatic rings. The van der Waals surface area contributed by atoms with Crippen LogP contribution in [0.4, 0.5) is 5.69 Å². The van der Waals surface area contributed by atoms with E-state index in [-0.39, 0.29) is 11.9 Å². The van der Waals surface area contributed by atoms with Gasteiger partial charge in [0, 0.05) is 25.3 Å². The molecule has 25 heavy (non-hydrogen) atoms. The van der Waals surface area contributed by atoms with Gasteiger partial charge in [-0.1, -0.05) is 18.2 Å². The molecular formula is C19H26N3O2S+. The minimum atomic E-state index is 0.0116. The topological polar surface area (TPSA) is 46.0 Å². The number of hydrogen-bond donors (Lipinski definition) is 2. The number of nitrogens with one attached hydrogen (secondary N) is 2. The number of morpholine rings is 1. The summed E-state index contributed by atoms with van der Waals surface area (Å²) in [5.74, 6) is 0.0116. The van der Waals surface area contributed by atoms with E-state index >= 15 is 0 Å². The second kappa shape index (κ2) is 8.47. The molecule has 1 atom stereocenters. The first-order valence-electron chi connectivity index (χ1n) is 8.66. The van der Waals surface area contributed by atoms with Gasteiger partial charge in [0.15, 0.2) is 0 Å².